The maximum absolute atomic E-state index is 13.0. The van der Waals surface area contributed by atoms with Crippen LogP contribution in [-0.4, -0.2) is 35.6 Å². The lowest BCUT2D eigenvalue weighted by molar-refractivity contribution is -0.135. The summed E-state index contributed by atoms with van der Waals surface area (Å²) in [5, 5.41) is 2.85. The van der Waals surface area contributed by atoms with Crippen molar-refractivity contribution in [3.63, 3.8) is 0 Å². The molecule has 0 saturated carbocycles. The average molecular weight is 392 g/mol. The van der Waals surface area contributed by atoms with Gasteiger partial charge in [-0.3, -0.25) is 14.4 Å². The molecule has 1 aliphatic rings. The van der Waals surface area contributed by atoms with E-state index in [9.17, 15) is 14.4 Å². The van der Waals surface area contributed by atoms with Gasteiger partial charge >= 0.3 is 0 Å². The van der Waals surface area contributed by atoms with Crippen LogP contribution >= 0.6 is 0 Å². The van der Waals surface area contributed by atoms with Crippen molar-refractivity contribution >= 4 is 17.6 Å². The third-order valence-electron chi connectivity index (χ3n) is 5.51. The molecule has 1 atom stereocenters. The largest absolute Gasteiger partial charge is 0.341 e. The minimum absolute atomic E-state index is 0.0579. The Bertz CT molecular complexity index is 886. The molecular formula is C24H28N2O3. The van der Waals surface area contributed by atoms with Crippen molar-refractivity contribution in [2.24, 2.45) is 0 Å². The molecule has 1 fully saturated rings. The summed E-state index contributed by atoms with van der Waals surface area (Å²) in [5.41, 5.74) is 3.57. The van der Waals surface area contributed by atoms with Crippen LogP contribution in [0.4, 0.5) is 0 Å². The predicted molar refractivity (Wildman–Crippen MR) is 113 cm³/mol. The monoisotopic (exact) mass is 392 g/mol. The number of amides is 2. The molecule has 1 aliphatic heterocycles. The minimum Gasteiger partial charge on any atom is -0.341 e. The number of hydrogen-bond donors (Lipinski definition) is 1. The van der Waals surface area contributed by atoms with Gasteiger partial charge < -0.3 is 10.2 Å². The summed E-state index contributed by atoms with van der Waals surface area (Å²) in [7, 11) is 0. The highest BCUT2D eigenvalue weighted by atomic mass is 16.2. The van der Waals surface area contributed by atoms with Gasteiger partial charge in [0.2, 0.25) is 11.8 Å². The van der Waals surface area contributed by atoms with E-state index in [-0.39, 0.29) is 30.4 Å². The molecule has 152 valence electrons. The third kappa shape index (κ3) is 5.31. The van der Waals surface area contributed by atoms with Crippen molar-refractivity contribution in [2.75, 3.05) is 13.1 Å². The standard InChI is InChI=1S/C24H28N2O3/c1-17-10-11-20(16-18(17)2)21(27)12-13-22(28)25-23(19-8-4-3-5-9-19)24(29)26-14-6-7-15-26/h3-5,8-11,16,23H,6-7,12-15H2,1-2H3,(H,25,28). The SMILES string of the molecule is Cc1ccc(C(=O)CCC(=O)NC(C(=O)N2CCCC2)c2ccccc2)cc1C. The zero-order valence-electron chi connectivity index (χ0n) is 17.1. The van der Waals surface area contributed by atoms with Gasteiger partial charge in [0.1, 0.15) is 6.04 Å². The zero-order chi connectivity index (χ0) is 20.8. The summed E-state index contributed by atoms with van der Waals surface area (Å²) < 4.78 is 0. The van der Waals surface area contributed by atoms with Crippen molar-refractivity contribution in [1.82, 2.24) is 10.2 Å². The molecule has 0 aromatic heterocycles. The zero-order valence-corrected chi connectivity index (χ0v) is 17.1. The van der Waals surface area contributed by atoms with E-state index in [2.05, 4.69) is 5.32 Å². The van der Waals surface area contributed by atoms with Gasteiger partial charge in [0.15, 0.2) is 5.78 Å². The number of ketones is 1. The van der Waals surface area contributed by atoms with E-state index >= 15 is 0 Å². The fourth-order valence-electron chi connectivity index (χ4n) is 3.57. The number of carbonyl (C=O) groups excluding carboxylic acids is 3. The molecule has 2 aromatic carbocycles. The lowest BCUT2D eigenvalue weighted by Crippen LogP contribution is -2.41. The molecular weight excluding hydrogens is 364 g/mol. The van der Waals surface area contributed by atoms with E-state index in [1.807, 2.05) is 56.3 Å². The molecule has 2 aromatic rings. The first-order chi connectivity index (χ1) is 14.0. The molecule has 29 heavy (non-hydrogen) atoms. The first-order valence-corrected chi connectivity index (χ1v) is 10.2. The minimum atomic E-state index is -0.710. The molecule has 1 saturated heterocycles. The third-order valence-corrected chi connectivity index (χ3v) is 5.51. The van der Waals surface area contributed by atoms with E-state index in [4.69, 9.17) is 0 Å². The Hall–Kier alpha value is -2.95. The summed E-state index contributed by atoms with van der Waals surface area (Å²) in [6.45, 7) is 5.41. The molecule has 0 bridgehead atoms. The quantitative estimate of drug-likeness (QED) is 0.730. The predicted octanol–water partition coefficient (Wildman–Crippen LogP) is 3.75. The number of aryl methyl sites for hydroxylation is 2. The number of Topliss-reactive ketones (excluding diaryl/α,β-unsaturated/α-hetero) is 1. The second-order valence-electron chi connectivity index (χ2n) is 7.67. The Kier molecular flexibility index (Phi) is 6.81. The van der Waals surface area contributed by atoms with E-state index in [0.717, 1.165) is 42.6 Å². The summed E-state index contributed by atoms with van der Waals surface area (Å²) in [6.07, 6.45) is 2.16. The van der Waals surface area contributed by atoms with Crippen LogP contribution in [0, 0.1) is 13.8 Å². The van der Waals surface area contributed by atoms with Gasteiger partial charge in [-0.25, -0.2) is 0 Å². The van der Waals surface area contributed by atoms with E-state index in [1.54, 1.807) is 11.0 Å². The van der Waals surface area contributed by atoms with Crippen LogP contribution in [0.5, 0.6) is 0 Å². The van der Waals surface area contributed by atoms with E-state index in [1.165, 1.54) is 0 Å². The smallest absolute Gasteiger partial charge is 0.249 e. The van der Waals surface area contributed by atoms with Gasteiger partial charge in [-0.05, 0) is 49.4 Å². The highest BCUT2D eigenvalue weighted by molar-refractivity contribution is 5.98. The fraction of sp³-hybridized carbons (Fsp3) is 0.375. The highest BCUT2D eigenvalue weighted by Crippen LogP contribution is 2.20. The average Bonchev–Trinajstić information content (AvgIpc) is 3.27. The first-order valence-electron chi connectivity index (χ1n) is 10.2. The number of likely N-dealkylation sites (tertiary alicyclic amines) is 1. The maximum Gasteiger partial charge on any atom is 0.249 e. The Balaban J connectivity index is 1.64. The molecule has 0 radical (unpaired) electrons. The van der Waals surface area contributed by atoms with Gasteiger partial charge in [-0.1, -0.05) is 42.5 Å². The lowest BCUT2D eigenvalue weighted by atomic mass is 10.0. The number of nitrogens with one attached hydrogen (secondary N) is 1. The van der Waals surface area contributed by atoms with Crippen LogP contribution in [0.15, 0.2) is 48.5 Å². The topological polar surface area (TPSA) is 66.5 Å². The normalized spacial score (nSPS) is 14.5. The Morgan fingerprint density at radius 2 is 1.62 bits per heavy atom. The van der Waals surface area contributed by atoms with Crippen LogP contribution in [0.2, 0.25) is 0 Å². The van der Waals surface area contributed by atoms with Crippen LogP contribution in [0.25, 0.3) is 0 Å². The van der Waals surface area contributed by atoms with Crippen molar-refractivity contribution in [3.8, 4) is 0 Å². The number of carbonyl (C=O) groups is 3. The number of nitrogens with zero attached hydrogens (tertiary/aromatic N) is 1. The van der Waals surface area contributed by atoms with Gasteiger partial charge in [0.25, 0.3) is 0 Å². The van der Waals surface area contributed by atoms with Crippen LogP contribution in [0.3, 0.4) is 0 Å². The molecule has 0 aliphatic carbocycles. The van der Waals surface area contributed by atoms with Crippen LogP contribution in [-0.2, 0) is 9.59 Å². The number of benzene rings is 2. The second-order valence-corrected chi connectivity index (χ2v) is 7.67. The van der Waals surface area contributed by atoms with Crippen molar-refractivity contribution in [2.45, 2.75) is 45.6 Å². The molecule has 1 heterocycles. The van der Waals surface area contributed by atoms with Gasteiger partial charge in [-0.2, -0.15) is 0 Å². The van der Waals surface area contributed by atoms with Gasteiger partial charge in [-0.15, -0.1) is 0 Å². The van der Waals surface area contributed by atoms with Crippen molar-refractivity contribution in [3.05, 3.63) is 70.8 Å². The van der Waals surface area contributed by atoms with Crippen LogP contribution < -0.4 is 5.32 Å². The summed E-state index contributed by atoms with van der Waals surface area (Å²) in [6, 6.07) is 14.2. The van der Waals surface area contributed by atoms with E-state index < -0.39 is 6.04 Å². The Labute approximate surface area is 172 Å². The van der Waals surface area contributed by atoms with E-state index in [0.29, 0.717) is 5.56 Å². The highest BCUT2D eigenvalue weighted by Gasteiger charge is 2.29. The summed E-state index contributed by atoms with van der Waals surface area (Å²) in [5.74, 6) is -0.434. The number of hydrogen-bond acceptors (Lipinski definition) is 3. The summed E-state index contributed by atoms with van der Waals surface area (Å²) >= 11 is 0. The molecule has 0 spiro atoms. The first kappa shape index (κ1) is 20.8. The molecule has 5 nitrogen and oxygen atoms in total. The van der Waals surface area contributed by atoms with Gasteiger partial charge in [0, 0.05) is 31.5 Å². The van der Waals surface area contributed by atoms with Crippen molar-refractivity contribution < 1.29 is 14.4 Å². The molecule has 1 N–H and O–H groups in total. The Morgan fingerprint density at radius 1 is 0.931 bits per heavy atom. The molecule has 2 amide bonds. The maximum atomic E-state index is 13.0. The summed E-state index contributed by atoms with van der Waals surface area (Å²) in [4.78, 5) is 39.8. The van der Waals surface area contributed by atoms with Crippen molar-refractivity contribution in [1.29, 1.82) is 0 Å². The number of rotatable bonds is 7. The molecule has 1 unspecified atom stereocenters. The fourth-order valence-corrected chi connectivity index (χ4v) is 3.57. The lowest BCUT2D eigenvalue weighted by Gasteiger charge is -2.24. The second kappa shape index (κ2) is 9.50. The Morgan fingerprint density at radius 3 is 2.28 bits per heavy atom. The van der Waals surface area contributed by atoms with Crippen LogP contribution in [0.1, 0.15) is 58.8 Å². The molecule has 5 heteroatoms. The molecule has 3 rings (SSSR count). The van der Waals surface area contributed by atoms with Gasteiger partial charge in [0.05, 0.1) is 0 Å².